The Bertz CT molecular complexity index is 493. The van der Waals surface area contributed by atoms with Gasteiger partial charge in [0.2, 0.25) is 0 Å². The molecule has 1 saturated carbocycles. The second-order valence-corrected chi connectivity index (χ2v) is 6.97. The van der Waals surface area contributed by atoms with E-state index in [1.165, 1.54) is 24.8 Å². The molecule has 1 aliphatic heterocycles. The lowest BCUT2D eigenvalue weighted by atomic mass is 9.81. The summed E-state index contributed by atoms with van der Waals surface area (Å²) >= 11 is 0. The van der Waals surface area contributed by atoms with E-state index in [-0.39, 0.29) is 11.3 Å². The molecule has 3 heteroatoms. The summed E-state index contributed by atoms with van der Waals surface area (Å²) in [4.78, 5) is 13.6. The number of nitrogens with zero attached hydrogens (tertiary/aromatic N) is 1. The van der Waals surface area contributed by atoms with Gasteiger partial charge < -0.3 is 10.0 Å². The van der Waals surface area contributed by atoms with Gasteiger partial charge in [0.05, 0.1) is 5.92 Å². The molecule has 1 aromatic rings. The molecule has 21 heavy (non-hydrogen) atoms. The van der Waals surface area contributed by atoms with Gasteiger partial charge in [0.25, 0.3) is 0 Å². The number of hydrogen-bond donors (Lipinski definition) is 1. The molecule has 0 radical (unpaired) electrons. The Kier molecular flexibility index (Phi) is 4.03. The molecule has 2 aliphatic rings. The van der Waals surface area contributed by atoms with Crippen LogP contribution in [0.1, 0.15) is 44.6 Å². The molecule has 3 rings (SSSR count). The Morgan fingerprint density at radius 1 is 1.19 bits per heavy atom. The average Bonchev–Trinajstić information content (AvgIpc) is 2.92. The maximum atomic E-state index is 11.1. The fraction of sp³-hybridized carbons (Fsp3) is 0.611. The van der Waals surface area contributed by atoms with E-state index in [1.807, 2.05) is 0 Å². The first-order valence-electron chi connectivity index (χ1n) is 8.11. The number of likely N-dealkylation sites (tertiary alicyclic amines) is 1. The Morgan fingerprint density at radius 2 is 1.86 bits per heavy atom. The highest BCUT2D eigenvalue weighted by molar-refractivity contribution is 5.70. The first-order chi connectivity index (χ1) is 10.1. The van der Waals surface area contributed by atoms with Crippen LogP contribution in [0, 0.1) is 5.92 Å². The fourth-order valence-corrected chi connectivity index (χ4v) is 4.14. The van der Waals surface area contributed by atoms with E-state index in [4.69, 9.17) is 5.11 Å². The van der Waals surface area contributed by atoms with Gasteiger partial charge >= 0.3 is 5.97 Å². The normalized spacial score (nSPS) is 31.4. The van der Waals surface area contributed by atoms with E-state index >= 15 is 0 Å². The number of carboxylic acid groups (broad SMARTS) is 1. The lowest BCUT2D eigenvalue weighted by molar-refractivity contribution is -0.143. The van der Waals surface area contributed by atoms with Crippen molar-refractivity contribution in [3.63, 3.8) is 0 Å². The SMILES string of the molecule is CC1(c2ccccc2)CCC(N2CCC(C(=O)O)CC2)C1. The van der Waals surface area contributed by atoms with Gasteiger partial charge in [0.15, 0.2) is 0 Å². The summed E-state index contributed by atoms with van der Waals surface area (Å²) in [6, 6.07) is 11.5. The van der Waals surface area contributed by atoms with Crippen LogP contribution in [0.5, 0.6) is 0 Å². The van der Waals surface area contributed by atoms with E-state index in [0.717, 1.165) is 25.9 Å². The second-order valence-electron chi connectivity index (χ2n) is 6.97. The largest absolute Gasteiger partial charge is 0.481 e. The standard InChI is InChI=1S/C18H25NO2/c1-18(15-5-3-2-4-6-15)10-7-16(13-18)19-11-8-14(9-12-19)17(20)21/h2-6,14,16H,7-13H2,1H3,(H,20,21). The molecule has 1 saturated heterocycles. The van der Waals surface area contributed by atoms with Gasteiger partial charge in [-0.15, -0.1) is 0 Å². The molecule has 2 atom stereocenters. The van der Waals surface area contributed by atoms with Crippen molar-refractivity contribution in [2.75, 3.05) is 13.1 Å². The lowest BCUT2D eigenvalue weighted by Crippen LogP contribution is -2.42. The van der Waals surface area contributed by atoms with Gasteiger partial charge in [-0.1, -0.05) is 37.3 Å². The highest BCUT2D eigenvalue weighted by Gasteiger charge is 2.40. The summed E-state index contributed by atoms with van der Waals surface area (Å²) in [7, 11) is 0. The van der Waals surface area contributed by atoms with Crippen LogP contribution >= 0.6 is 0 Å². The molecule has 0 amide bonds. The predicted molar refractivity (Wildman–Crippen MR) is 83.4 cm³/mol. The molecule has 1 N–H and O–H groups in total. The first kappa shape index (κ1) is 14.6. The molecule has 1 aromatic carbocycles. The van der Waals surface area contributed by atoms with E-state index < -0.39 is 5.97 Å². The topological polar surface area (TPSA) is 40.5 Å². The number of carbonyl (C=O) groups is 1. The first-order valence-corrected chi connectivity index (χ1v) is 8.11. The third kappa shape index (κ3) is 2.98. The van der Waals surface area contributed by atoms with Crippen molar-refractivity contribution in [3.8, 4) is 0 Å². The average molecular weight is 287 g/mol. The molecule has 114 valence electrons. The van der Waals surface area contributed by atoms with Gasteiger partial charge in [-0.25, -0.2) is 0 Å². The van der Waals surface area contributed by atoms with Crippen LogP contribution < -0.4 is 0 Å². The van der Waals surface area contributed by atoms with Crippen LogP contribution in [0.25, 0.3) is 0 Å². The quantitative estimate of drug-likeness (QED) is 0.927. The van der Waals surface area contributed by atoms with E-state index in [0.29, 0.717) is 6.04 Å². The van der Waals surface area contributed by atoms with E-state index in [1.54, 1.807) is 0 Å². The third-order valence-corrected chi connectivity index (χ3v) is 5.58. The van der Waals surface area contributed by atoms with Crippen molar-refractivity contribution in [1.82, 2.24) is 4.90 Å². The Hall–Kier alpha value is -1.35. The monoisotopic (exact) mass is 287 g/mol. The van der Waals surface area contributed by atoms with E-state index in [2.05, 4.69) is 42.2 Å². The molecule has 2 fully saturated rings. The van der Waals surface area contributed by atoms with Gasteiger partial charge in [0.1, 0.15) is 0 Å². The molecule has 1 heterocycles. The number of rotatable bonds is 3. The predicted octanol–water partition coefficient (Wildman–Crippen LogP) is 3.29. The Labute approximate surface area is 127 Å². The minimum absolute atomic E-state index is 0.122. The van der Waals surface area contributed by atoms with Crippen LogP contribution in [-0.4, -0.2) is 35.1 Å². The summed E-state index contributed by atoms with van der Waals surface area (Å²) in [5.41, 5.74) is 1.74. The van der Waals surface area contributed by atoms with Crippen molar-refractivity contribution in [2.45, 2.75) is 50.5 Å². The van der Waals surface area contributed by atoms with Crippen molar-refractivity contribution in [2.24, 2.45) is 5.92 Å². The molecule has 2 unspecified atom stereocenters. The Morgan fingerprint density at radius 3 is 2.48 bits per heavy atom. The van der Waals surface area contributed by atoms with Gasteiger partial charge in [0, 0.05) is 6.04 Å². The molecule has 0 spiro atoms. The summed E-state index contributed by atoms with van der Waals surface area (Å²) < 4.78 is 0. The zero-order chi connectivity index (χ0) is 14.9. The van der Waals surface area contributed by atoms with Crippen molar-refractivity contribution < 1.29 is 9.90 Å². The van der Waals surface area contributed by atoms with Crippen LogP contribution in [0.3, 0.4) is 0 Å². The van der Waals surface area contributed by atoms with Gasteiger partial charge in [-0.2, -0.15) is 0 Å². The number of hydrogen-bond acceptors (Lipinski definition) is 2. The van der Waals surface area contributed by atoms with E-state index in [9.17, 15) is 4.79 Å². The second kappa shape index (κ2) is 5.80. The molecule has 1 aliphatic carbocycles. The van der Waals surface area contributed by atoms with Crippen LogP contribution in [0.4, 0.5) is 0 Å². The number of benzene rings is 1. The minimum atomic E-state index is -0.616. The molecule has 0 bridgehead atoms. The molecular weight excluding hydrogens is 262 g/mol. The van der Waals surface area contributed by atoms with Crippen LogP contribution in [0.2, 0.25) is 0 Å². The van der Waals surface area contributed by atoms with Gasteiger partial charge in [-0.05, 0) is 56.2 Å². The highest BCUT2D eigenvalue weighted by Crippen LogP contribution is 2.43. The van der Waals surface area contributed by atoms with Crippen LogP contribution in [-0.2, 0) is 10.2 Å². The highest BCUT2D eigenvalue weighted by atomic mass is 16.4. The molecule has 3 nitrogen and oxygen atoms in total. The molecule has 0 aromatic heterocycles. The lowest BCUT2D eigenvalue weighted by Gasteiger charge is -2.35. The maximum absolute atomic E-state index is 11.1. The fourth-order valence-electron chi connectivity index (χ4n) is 4.14. The minimum Gasteiger partial charge on any atom is -0.481 e. The summed E-state index contributed by atoms with van der Waals surface area (Å²) in [6.45, 7) is 4.28. The maximum Gasteiger partial charge on any atom is 0.306 e. The summed E-state index contributed by atoms with van der Waals surface area (Å²) in [5.74, 6) is -0.738. The van der Waals surface area contributed by atoms with Crippen molar-refractivity contribution >= 4 is 5.97 Å². The van der Waals surface area contributed by atoms with Gasteiger partial charge in [-0.3, -0.25) is 4.79 Å². The third-order valence-electron chi connectivity index (χ3n) is 5.58. The van der Waals surface area contributed by atoms with Crippen LogP contribution in [0.15, 0.2) is 30.3 Å². The Balaban J connectivity index is 1.62. The molecular formula is C18H25NO2. The summed E-state index contributed by atoms with van der Waals surface area (Å²) in [5, 5.41) is 9.10. The number of carboxylic acids is 1. The smallest absolute Gasteiger partial charge is 0.306 e. The zero-order valence-electron chi connectivity index (χ0n) is 12.8. The number of aliphatic carboxylic acids is 1. The van der Waals surface area contributed by atoms with Crippen molar-refractivity contribution in [3.05, 3.63) is 35.9 Å². The van der Waals surface area contributed by atoms with Crippen molar-refractivity contribution in [1.29, 1.82) is 0 Å². The summed E-state index contributed by atoms with van der Waals surface area (Å²) in [6.07, 6.45) is 5.31. The zero-order valence-corrected chi connectivity index (χ0v) is 12.8. The number of piperidine rings is 1.